The lowest BCUT2D eigenvalue weighted by atomic mass is 9.62. The molecule has 0 radical (unpaired) electrons. The van der Waals surface area contributed by atoms with Crippen LogP contribution in [0.15, 0.2) is 60.7 Å². The highest BCUT2D eigenvalue weighted by atomic mass is 16.5. The number of likely N-dealkylation sites (tertiary alicyclic amines) is 1. The number of carbonyl (C=O) groups excluding carboxylic acids is 3. The summed E-state index contributed by atoms with van der Waals surface area (Å²) in [6.07, 6.45) is 0.479. The van der Waals surface area contributed by atoms with Gasteiger partial charge in [-0.15, -0.1) is 0 Å². The van der Waals surface area contributed by atoms with Crippen molar-refractivity contribution in [2.75, 3.05) is 11.9 Å². The van der Waals surface area contributed by atoms with Crippen LogP contribution < -0.4 is 10.6 Å². The third-order valence-electron chi connectivity index (χ3n) is 8.37. The van der Waals surface area contributed by atoms with Crippen LogP contribution in [0.25, 0.3) is 0 Å². The molecule has 3 fully saturated rings. The first kappa shape index (κ1) is 24.5. The van der Waals surface area contributed by atoms with Gasteiger partial charge in [0.25, 0.3) is 0 Å². The molecule has 8 nitrogen and oxygen atoms in total. The summed E-state index contributed by atoms with van der Waals surface area (Å²) in [4.78, 5) is 42.8. The molecule has 2 aromatic carbocycles. The van der Waals surface area contributed by atoms with E-state index < -0.39 is 35.1 Å². The highest BCUT2D eigenvalue weighted by Gasteiger charge is 2.80. The lowest BCUT2D eigenvalue weighted by molar-refractivity contribution is -0.149. The van der Waals surface area contributed by atoms with E-state index in [9.17, 15) is 19.5 Å². The molecule has 3 N–H and O–H groups in total. The van der Waals surface area contributed by atoms with Crippen LogP contribution in [0, 0.1) is 17.8 Å². The van der Waals surface area contributed by atoms with E-state index in [4.69, 9.17) is 4.74 Å². The quantitative estimate of drug-likeness (QED) is 0.551. The monoisotopic (exact) mass is 491 g/mol. The Labute approximate surface area is 211 Å². The standard InChI is InChI=1S/C28H33N3O5/c1-17-14-28-22(21(27(17,3)36-28)24(33)30-20-12-8-5-9-13-20)26(35)31(18(2)16-32)23(28)25(34)29-15-19-10-6-4-7-11-19/h4-13,17-18,21-23,32H,14-16H2,1-3H3,(H,29,34)(H,30,33)/t17?,18-,21-,22+,23?,27+,28?/m1/s1. The number of rotatable bonds is 7. The summed E-state index contributed by atoms with van der Waals surface area (Å²) in [7, 11) is 0. The van der Waals surface area contributed by atoms with Gasteiger partial charge in [-0.2, -0.15) is 0 Å². The van der Waals surface area contributed by atoms with Crippen molar-refractivity contribution in [1.29, 1.82) is 0 Å². The number of aliphatic hydroxyl groups excluding tert-OH is 1. The summed E-state index contributed by atoms with van der Waals surface area (Å²) >= 11 is 0. The fourth-order valence-corrected chi connectivity index (χ4v) is 6.56. The van der Waals surface area contributed by atoms with Gasteiger partial charge in [0.2, 0.25) is 17.7 Å². The number of hydrogen-bond acceptors (Lipinski definition) is 5. The minimum absolute atomic E-state index is 0.0538. The number of anilines is 1. The van der Waals surface area contributed by atoms with Crippen LogP contribution in [0.2, 0.25) is 0 Å². The first-order valence-corrected chi connectivity index (χ1v) is 12.5. The van der Waals surface area contributed by atoms with Crippen LogP contribution in [-0.4, -0.2) is 57.6 Å². The second-order valence-corrected chi connectivity index (χ2v) is 10.5. The van der Waals surface area contributed by atoms with Gasteiger partial charge in [-0.1, -0.05) is 55.5 Å². The minimum Gasteiger partial charge on any atom is -0.394 e. The largest absolute Gasteiger partial charge is 0.394 e. The van der Waals surface area contributed by atoms with Crippen molar-refractivity contribution < 1.29 is 24.2 Å². The molecule has 3 unspecified atom stereocenters. The van der Waals surface area contributed by atoms with Gasteiger partial charge < -0.3 is 25.4 Å². The maximum Gasteiger partial charge on any atom is 0.246 e. The molecule has 3 saturated heterocycles. The van der Waals surface area contributed by atoms with E-state index in [0.717, 1.165) is 5.56 Å². The van der Waals surface area contributed by atoms with E-state index >= 15 is 0 Å². The summed E-state index contributed by atoms with van der Waals surface area (Å²) in [5.74, 6) is -2.59. The van der Waals surface area contributed by atoms with Crippen molar-refractivity contribution in [2.24, 2.45) is 17.8 Å². The van der Waals surface area contributed by atoms with Crippen molar-refractivity contribution in [3.8, 4) is 0 Å². The van der Waals surface area contributed by atoms with Gasteiger partial charge in [0.05, 0.1) is 30.1 Å². The normalized spacial score (nSPS) is 33.3. The van der Waals surface area contributed by atoms with Gasteiger partial charge in [-0.3, -0.25) is 14.4 Å². The van der Waals surface area contributed by atoms with Crippen molar-refractivity contribution in [1.82, 2.24) is 10.2 Å². The Kier molecular flexibility index (Phi) is 6.12. The smallest absolute Gasteiger partial charge is 0.246 e. The van der Waals surface area contributed by atoms with Gasteiger partial charge in [-0.25, -0.2) is 0 Å². The Morgan fingerprint density at radius 2 is 1.75 bits per heavy atom. The molecule has 190 valence electrons. The Bertz CT molecular complexity index is 1160. The number of fused-ring (bicyclic) bond motifs is 1. The molecule has 0 aliphatic carbocycles. The number of aliphatic hydroxyl groups is 1. The van der Waals surface area contributed by atoms with Crippen LogP contribution in [0.5, 0.6) is 0 Å². The predicted octanol–water partition coefficient (Wildman–Crippen LogP) is 2.33. The molecule has 2 bridgehead atoms. The first-order chi connectivity index (χ1) is 17.2. The molecule has 1 spiro atoms. The van der Waals surface area contributed by atoms with E-state index in [1.807, 2.05) is 62.4 Å². The number of hydrogen-bond donors (Lipinski definition) is 3. The zero-order valence-corrected chi connectivity index (χ0v) is 20.8. The summed E-state index contributed by atoms with van der Waals surface area (Å²) in [5, 5.41) is 15.9. The second-order valence-electron chi connectivity index (χ2n) is 10.5. The molecule has 3 aliphatic heterocycles. The van der Waals surface area contributed by atoms with E-state index in [-0.39, 0.29) is 30.2 Å². The fraction of sp³-hybridized carbons (Fsp3) is 0.464. The zero-order chi connectivity index (χ0) is 25.7. The number of carbonyl (C=O) groups is 3. The number of nitrogens with zero attached hydrogens (tertiary/aromatic N) is 1. The van der Waals surface area contributed by atoms with Crippen molar-refractivity contribution in [3.63, 3.8) is 0 Å². The third kappa shape index (κ3) is 3.62. The van der Waals surface area contributed by atoms with Crippen LogP contribution in [0.3, 0.4) is 0 Å². The van der Waals surface area contributed by atoms with Crippen LogP contribution >= 0.6 is 0 Å². The Morgan fingerprint density at radius 3 is 2.39 bits per heavy atom. The molecule has 2 aromatic rings. The average Bonchev–Trinajstić information content (AvgIpc) is 3.40. The van der Waals surface area contributed by atoms with E-state index in [1.165, 1.54) is 4.90 Å². The Hall–Kier alpha value is -3.23. The summed E-state index contributed by atoms with van der Waals surface area (Å²) in [6.45, 7) is 5.60. The molecular weight excluding hydrogens is 458 g/mol. The molecule has 36 heavy (non-hydrogen) atoms. The summed E-state index contributed by atoms with van der Waals surface area (Å²) in [5.41, 5.74) is -0.471. The van der Waals surface area contributed by atoms with Gasteiger partial charge >= 0.3 is 0 Å². The van der Waals surface area contributed by atoms with E-state index in [0.29, 0.717) is 18.7 Å². The molecule has 8 heteroatoms. The van der Waals surface area contributed by atoms with Crippen molar-refractivity contribution in [2.45, 2.75) is 57.0 Å². The topological polar surface area (TPSA) is 108 Å². The Morgan fingerprint density at radius 1 is 1.11 bits per heavy atom. The van der Waals surface area contributed by atoms with Gasteiger partial charge in [0.15, 0.2) is 0 Å². The number of nitrogens with one attached hydrogen (secondary N) is 2. The van der Waals surface area contributed by atoms with Crippen LogP contribution in [0.4, 0.5) is 5.69 Å². The maximum absolute atomic E-state index is 14.0. The van der Waals surface area contributed by atoms with Crippen molar-refractivity contribution >= 4 is 23.4 Å². The van der Waals surface area contributed by atoms with Crippen molar-refractivity contribution in [3.05, 3.63) is 66.2 Å². The second kappa shape index (κ2) is 9.01. The molecule has 5 rings (SSSR count). The van der Waals surface area contributed by atoms with Crippen LogP contribution in [-0.2, 0) is 25.7 Å². The molecule has 7 atom stereocenters. The average molecular weight is 492 g/mol. The SMILES string of the molecule is CC1CC23O[C@]1(C)[C@@H](C(=O)Nc1ccccc1)[C@H]2C(=O)N([C@H](C)CO)C3C(=O)NCc1ccccc1. The predicted molar refractivity (Wildman–Crippen MR) is 134 cm³/mol. The summed E-state index contributed by atoms with van der Waals surface area (Å²) < 4.78 is 6.67. The number of benzene rings is 2. The van der Waals surface area contributed by atoms with Gasteiger partial charge in [-0.05, 0) is 43.9 Å². The highest BCUT2D eigenvalue weighted by Crippen LogP contribution is 2.65. The fourth-order valence-electron chi connectivity index (χ4n) is 6.56. The molecule has 0 saturated carbocycles. The number of ether oxygens (including phenoxy) is 1. The Balaban J connectivity index is 1.50. The lowest BCUT2D eigenvalue weighted by Crippen LogP contribution is -2.57. The lowest BCUT2D eigenvalue weighted by Gasteiger charge is -2.36. The molecular formula is C28H33N3O5. The van der Waals surface area contributed by atoms with E-state index in [2.05, 4.69) is 10.6 Å². The van der Waals surface area contributed by atoms with E-state index in [1.54, 1.807) is 19.1 Å². The molecule has 3 heterocycles. The highest BCUT2D eigenvalue weighted by molar-refractivity contribution is 6.02. The molecule has 0 aromatic heterocycles. The molecule has 3 amide bonds. The summed E-state index contributed by atoms with van der Waals surface area (Å²) in [6, 6.07) is 17.1. The minimum atomic E-state index is -1.14. The molecule has 3 aliphatic rings. The van der Waals surface area contributed by atoms with Crippen LogP contribution in [0.1, 0.15) is 32.8 Å². The number of amides is 3. The van der Waals surface area contributed by atoms with Gasteiger partial charge in [0, 0.05) is 12.2 Å². The third-order valence-corrected chi connectivity index (χ3v) is 8.37. The first-order valence-electron chi connectivity index (χ1n) is 12.5. The maximum atomic E-state index is 14.0. The zero-order valence-electron chi connectivity index (χ0n) is 20.8. The van der Waals surface area contributed by atoms with Gasteiger partial charge in [0.1, 0.15) is 11.6 Å². The number of para-hydroxylation sites is 1.